The average Bonchev–Trinajstić information content (AvgIpc) is 2.38. The van der Waals surface area contributed by atoms with Crippen molar-refractivity contribution in [3.8, 4) is 5.75 Å². The minimum atomic E-state index is -1.25. The van der Waals surface area contributed by atoms with Gasteiger partial charge in [-0.25, -0.2) is 9.59 Å². The molecule has 0 aromatic carbocycles. The minimum Gasteiger partial charge on any atom is -0.507 e. The van der Waals surface area contributed by atoms with E-state index in [-0.39, 0.29) is 24.5 Å². The highest BCUT2D eigenvalue weighted by molar-refractivity contribution is 5.91. The van der Waals surface area contributed by atoms with Gasteiger partial charge < -0.3 is 19.8 Å². The highest BCUT2D eigenvalue weighted by Gasteiger charge is 2.27. The van der Waals surface area contributed by atoms with Gasteiger partial charge in [-0.15, -0.1) is 0 Å². The van der Waals surface area contributed by atoms with E-state index in [0.717, 1.165) is 6.20 Å². The van der Waals surface area contributed by atoms with E-state index in [1.807, 2.05) is 0 Å². The van der Waals surface area contributed by atoms with Gasteiger partial charge in [0.2, 0.25) is 0 Å². The molecule has 0 spiro atoms. The fourth-order valence-electron chi connectivity index (χ4n) is 2.00. The topological polar surface area (TPSA) is 100.0 Å². The first-order valence-corrected chi connectivity index (χ1v) is 5.89. The normalized spacial score (nSPS) is 13.8. The Kier molecular flexibility index (Phi) is 3.55. The molecule has 1 aliphatic heterocycles. The smallest absolute Gasteiger partial charge is 0.410 e. The number of ether oxygens (including phenoxy) is 1. The maximum atomic E-state index is 11.6. The summed E-state index contributed by atoms with van der Waals surface area (Å²) in [6.45, 7) is 2.51. The molecule has 2 heterocycles. The van der Waals surface area contributed by atoms with Crippen LogP contribution in [0.3, 0.4) is 0 Å². The number of carbonyl (C=O) groups is 2. The van der Waals surface area contributed by atoms with E-state index >= 15 is 0 Å². The van der Waals surface area contributed by atoms with E-state index in [0.29, 0.717) is 24.2 Å². The van der Waals surface area contributed by atoms with E-state index in [2.05, 4.69) is 4.98 Å². The van der Waals surface area contributed by atoms with Gasteiger partial charge in [-0.1, -0.05) is 0 Å². The summed E-state index contributed by atoms with van der Waals surface area (Å²) in [6, 6.07) is 0. The van der Waals surface area contributed by atoms with E-state index in [9.17, 15) is 14.7 Å². The van der Waals surface area contributed by atoms with E-state index in [4.69, 9.17) is 9.84 Å². The van der Waals surface area contributed by atoms with Gasteiger partial charge in [0, 0.05) is 24.7 Å². The summed E-state index contributed by atoms with van der Waals surface area (Å²) in [5, 5.41) is 18.9. The number of hydrogen-bond donors (Lipinski definition) is 2. The molecule has 0 aliphatic carbocycles. The molecule has 0 saturated heterocycles. The second-order valence-corrected chi connectivity index (χ2v) is 4.12. The summed E-state index contributed by atoms with van der Waals surface area (Å²) in [5.41, 5.74) is 0.728. The van der Waals surface area contributed by atoms with Gasteiger partial charge in [0.15, 0.2) is 0 Å². The molecule has 1 aromatic heterocycles. The second kappa shape index (κ2) is 5.13. The predicted molar refractivity (Wildman–Crippen MR) is 64.0 cm³/mol. The largest absolute Gasteiger partial charge is 0.507 e. The van der Waals surface area contributed by atoms with Crippen molar-refractivity contribution in [3.63, 3.8) is 0 Å². The number of amides is 1. The number of hydrogen-bond acceptors (Lipinski definition) is 5. The van der Waals surface area contributed by atoms with Gasteiger partial charge in [0.25, 0.3) is 0 Å². The third kappa shape index (κ3) is 2.44. The number of aromatic carboxylic acids is 1. The molecule has 0 radical (unpaired) electrons. The van der Waals surface area contributed by atoms with Crippen molar-refractivity contribution in [2.45, 2.75) is 19.9 Å². The van der Waals surface area contributed by atoms with Crippen LogP contribution in [0.5, 0.6) is 5.75 Å². The summed E-state index contributed by atoms with van der Waals surface area (Å²) in [4.78, 5) is 28.0. The van der Waals surface area contributed by atoms with Gasteiger partial charge in [0.05, 0.1) is 18.8 Å². The number of aromatic hydroxyl groups is 1. The number of carbonyl (C=O) groups excluding carboxylic acids is 1. The molecular formula is C12H14N2O5. The maximum Gasteiger partial charge on any atom is 0.410 e. The Bertz CT molecular complexity index is 529. The lowest BCUT2D eigenvalue weighted by atomic mass is 10.0. The molecule has 19 heavy (non-hydrogen) atoms. The lowest BCUT2D eigenvalue weighted by Gasteiger charge is -2.28. The predicted octanol–water partition coefficient (Wildman–Crippen LogP) is 1.00. The SMILES string of the molecule is CCOC(=O)N1CCc2ncc(C(=O)O)c(O)c2C1. The molecule has 0 atom stereocenters. The number of nitrogens with zero attached hydrogens (tertiary/aromatic N) is 2. The Balaban J connectivity index is 2.30. The fraction of sp³-hybridized carbons (Fsp3) is 0.417. The molecule has 0 bridgehead atoms. The molecular weight excluding hydrogens is 252 g/mol. The standard InChI is InChI=1S/C12H14N2O5/c1-2-19-12(18)14-4-3-9-8(6-14)10(15)7(5-13-9)11(16)17/h5H,2-4,6H2,1H3,(H,13,15)(H,16,17). The molecule has 1 aromatic rings. The Labute approximate surface area is 109 Å². The van der Waals surface area contributed by atoms with Gasteiger partial charge in [-0.3, -0.25) is 4.98 Å². The zero-order valence-corrected chi connectivity index (χ0v) is 10.4. The molecule has 0 unspecified atom stereocenters. The van der Waals surface area contributed by atoms with Crippen molar-refractivity contribution >= 4 is 12.1 Å². The molecule has 102 valence electrons. The number of rotatable bonds is 2. The van der Waals surface area contributed by atoms with Crippen LogP contribution in [0.2, 0.25) is 0 Å². The summed E-state index contributed by atoms with van der Waals surface area (Å²) in [7, 11) is 0. The lowest BCUT2D eigenvalue weighted by molar-refractivity contribution is 0.0692. The van der Waals surface area contributed by atoms with E-state index in [1.165, 1.54) is 4.90 Å². The van der Waals surface area contributed by atoms with E-state index < -0.39 is 12.1 Å². The van der Waals surface area contributed by atoms with Crippen LogP contribution in [0, 0.1) is 0 Å². The monoisotopic (exact) mass is 266 g/mol. The van der Waals surface area contributed by atoms with Gasteiger partial charge >= 0.3 is 12.1 Å². The number of aromatic nitrogens is 1. The van der Waals surface area contributed by atoms with Crippen LogP contribution in [0.4, 0.5) is 4.79 Å². The van der Waals surface area contributed by atoms with Crippen molar-refractivity contribution < 1.29 is 24.5 Å². The first-order valence-electron chi connectivity index (χ1n) is 5.89. The van der Waals surface area contributed by atoms with E-state index in [1.54, 1.807) is 6.92 Å². The van der Waals surface area contributed by atoms with Crippen molar-refractivity contribution in [2.75, 3.05) is 13.2 Å². The summed E-state index contributed by atoms with van der Waals surface area (Å²) < 4.78 is 4.88. The van der Waals surface area contributed by atoms with Crippen LogP contribution < -0.4 is 0 Å². The number of carboxylic acids is 1. The molecule has 2 rings (SSSR count). The molecule has 0 fully saturated rings. The van der Waals surface area contributed by atoms with Crippen LogP contribution in [-0.2, 0) is 17.7 Å². The Morgan fingerprint density at radius 1 is 1.53 bits per heavy atom. The maximum absolute atomic E-state index is 11.6. The van der Waals surface area contributed by atoms with Crippen molar-refractivity contribution in [1.82, 2.24) is 9.88 Å². The van der Waals surface area contributed by atoms with Crippen molar-refractivity contribution in [1.29, 1.82) is 0 Å². The average molecular weight is 266 g/mol. The van der Waals surface area contributed by atoms with Gasteiger partial charge in [-0.2, -0.15) is 0 Å². The van der Waals surface area contributed by atoms with Gasteiger partial charge in [-0.05, 0) is 6.92 Å². The molecule has 2 N–H and O–H groups in total. The molecule has 1 aliphatic rings. The Morgan fingerprint density at radius 3 is 2.89 bits per heavy atom. The highest BCUT2D eigenvalue weighted by Crippen LogP contribution is 2.29. The Morgan fingerprint density at radius 2 is 2.26 bits per heavy atom. The van der Waals surface area contributed by atoms with Gasteiger partial charge in [0.1, 0.15) is 11.3 Å². The first kappa shape index (κ1) is 13.1. The van der Waals surface area contributed by atoms with Crippen LogP contribution in [0.15, 0.2) is 6.20 Å². The number of carboxylic acid groups (broad SMARTS) is 1. The highest BCUT2D eigenvalue weighted by atomic mass is 16.6. The second-order valence-electron chi connectivity index (χ2n) is 4.12. The van der Waals surface area contributed by atoms with Crippen LogP contribution in [0.1, 0.15) is 28.5 Å². The zero-order valence-electron chi connectivity index (χ0n) is 10.4. The molecule has 7 nitrogen and oxygen atoms in total. The molecule has 7 heteroatoms. The summed E-state index contributed by atoms with van der Waals surface area (Å²) in [6.07, 6.45) is 1.12. The minimum absolute atomic E-state index is 0.105. The molecule has 0 saturated carbocycles. The van der Waals surface area contributed by atoms with Crippen molar-refractivity contribution in [3.05, 3.63) is 23.0 Å². The van der Waals surface area contributed by atoms with Crippen LogP contribution in [0.25, 0.3) is 0 Å². The lowest BCUT2D eigenvalue weighted by Crippen LogP contribution is -2.37. The van der Waals surface area contributed by atoms with Crippen molar-refractivity contribution in [2.24, 2.45) is 0 Å². The summed E-state index contributed by atoms with van der Waals surface area (Å²) in [5.74, 6) is -1.58. The molecule has 1 amide bonds. The number of fused-ring (bicyclic) bond motifs is 1. The van der Waals surface area contributed by atoms with Crippen LogP contribution in [-0.4, -0.2) is 45.3 Å². The fourth-order valence-corrected chi connectivity index (χ4v) is 2.00. The third-order valence-electron chi connectivity index (χ3n) is 2.96. The first-order chi connectivity index (χ1) is 9.04. The third-order valence-corrected chi connectivity index (χ3v) is 2.96. The summed E-state index contributed by atoms with van der Waals surface area (Å²) >= 11 is 0. The zero-order chi connectivity index (χ0) is 14.0. The number of pyridine rings is 1. The quantitative estimate of drug-likeness (QED) is 0.828. The Hall–Kier alpha value is -2.31. The van der Waals surface area contributed by atoms with Crippen LogP contribution >= 0.6 is 0 Å².